The summed E-state index contributed by atoms with van der Waals surface area (Å²) in [5.41, 5.74) is 0. The van der Waals surface area contributed by atoms with Gasteiger partial charge < -0.3 is 0 Å². The van der Waals surface area contributed by atoms with Crippen LogP contribution in [-0.4, -0.2) is 0 Å². The van der Waals surface area contributed by atoms with E-state index in [2.05, 4.69) is 0 Å². The summed E-state index contributed by atoms with van der Waals surface area (Å²) in [5, 5.41) is 0. The molecule has 1 rings (SSSR count). The molecule has 0 unspecified atom stereocenters. The van der Waals surface area contributed by atoms with E-state index in [1.54, 1.807) is 12.1 Å². The predicted octanol–water partition coefficient (Wildman–Crippen LogP) is 1.00. The van der Waals surface area contributed by atoms with Gasteiger partial charge in [0.25, 0.3) is 0 Å². The van der Waals surface area contributed by atoms with Gasteiger partial charge in [0.05, 0.1) is 0 Å². The van der Waals surface area contributed by atoms with Crippen LogP contribution in [0.3, 0.4) is 0 Å². The Morgan fingerprint density at radius 3 is 2.25 bits per heavy atom. The normalized spacial score (nSPS) is 9.25. The predicted molar refractivity (Wildman–Crippen MR) is 26.0 cm³/mol. The van der Waals surface area contributed by atoms with Gasteiger partial charge in [-0.3, -0.25) is 0 Å². The molecule has 0 amide bonds. The van der Waals surface area contributed by atoms with Crippen molar-refractivity contribution in [3.63, 3.8) is 0 Å². The van der Waals surface area contributed by atoms with Crippen LogP contribution in [0.2, 0.25) is 0 Å². The molecular formula is C6H4AtF. The molecular weight excluding hydrogens is 301 g/mol. The molecule has 0 nitrogen and oxygen atoms in total. The van der Waals surface area contributed by atoms with Gasteiger partial charge in [-0.2, -0.15) is 0 Å². The van der Waals surface area contributed by atoms with E-state index in [4.69, 9.17) is 0 Å². The van der Waals surface area contributed by atoms with Crippen LogP contribution in [0, 0.1) is 30.5 Å². The molecule has 42 valence electrons. The zero-order valence-electron chi connectivity index (χ0n) is 4.07. The second-order valence-electron chi connectivity index (χ2n) is 1.41. The summed E-state index contributed by atoms with van der Waals surface area (Å²) in [4.78, 5) is 0. The number of hydrogen-bond acceptors (Lipinski definition) is 0. The molecule has 0 aliphatic carbocycles. The summed E-state index contributed by atoms with van der Waals surface area (Å²) in [5.74, 6) is -0.107. The Morgan fingerprint density at radius 1 is 1.25 bits per heavy atom. The van der Waals surface area contributed by atoms with E-state index in [0.29, 0.717) is 0 Å². The monoisotopic (exact) mass is 305 g/mol. The summed E-state index contributed by atoms with van der Waals surface area (Å²) in [6.45, 7) is 0. The van der Waals surface area contributed by atoms with Crippen molar-refractivity contribution < 1.29 is 29.1 Å². The number of halogens is 1. The van der Waals surface area contributed by atoms with Crippen molar-refractivity contribution in [3.05, 3.63) is 30.1 Å². The molecule has 0 bridgehead atoms. The van der Waals surface area contributed by atoms with Gasteiger partial charge >= 0.3 is 62.5 Å². The quantitative estimate of drug-likeness (QED) is 0.671. The first kappa shape index (κ1) is 6.16. The van der Waals surface area contributed by atoms with Crippen LogP contribution >= 0.6 is 0 Å². The van der Waals surface area contributed by atoms with Crippen molar-refractivity contribution in [2.24, 2.45) is 0 Å². The third kappa shape index (κ3) is 1.26. The Balaban J connectivity index is 3.13. The summed E-state index contributed by atoms with van der Waals surface area (Å²) >= 11 is 1.37. The van der Waals surface area contributed by atoms with Crippen molar-refractivity contribution in [3.8, 4) is 0 Å². The first-order chi connectivity index (χ1) is 3.80. The SMILES string of the molecule is Fc1ccccc1[At]. The molecule has 0 aromatic heterocycles. The molecule has 1 aromatic rings. The van der Waals surface area contributed by atoms with Crippen LogP contribution in [0.4, 0.5) is 4.39 Å². The average molecular weight is 305 g/mol. The summed E-state index contributed by atoms with van der Waals surface area (Å²) in [6.07, 6.45) is 0. The number of rotatable bonds is 0. The van der Waals surface area contributed by atoms with Crippen molar-refractivity contribution >= 4 is 3.27 Å². The van der Waals surface area contributed by atoms with E-state index < -0.39 is 0 Å². The van der Waals surface area contributed by atoms with E-state index in [1.165, 1.54) is 30.8 Å². The van der Waals surface area contributed by atoms with Gasteiger partial charge in [-0.15, -0.1) is 0 Å². The Bertz CT molecular complexity index is 165. The summed E-state index contributed by atoms with van der Waals surface area (Å²) < 4.78 is 13.1. The third-order valence-electron chi connectivity index (χ3n) is 0.824. The van der Waals surface area contributed by atoms with Crippen LogP contribution in [0.25, 0.3) is 0 Å². The maximum atomic E-state index is 12.3. The molecule has 0 saturated heterocycles. The molecule has 0 aliphatic rings. The van der Waals surface area contributed by atoms with Gasteiger partial charge in [0.15, 0.2) is 0 Å². The molecule has 0 spiro atoms. The molecule has 0 aliphatic heterocycles. The van der Waals surface area contributed by atoms with Crippen LogP contribution in [0.1, 0.15) is 0 Å². The molecule has 0 radical (unpaired) electrons. The summed E-state index contributed by atoms with van der Waals surface area (Å²) in [7, 11) is 0. The number of benzene rings is 1. The van der Waals surface area contributed by atoms with Gasteiger partial charge in [0.2, 0.25) is 0 Å². The van der Waals surface area contributed by atoms with Crippen molar-refractivity contribution in [1.29, 1.82) is 0 Å². The maximum absolute atomic E-state index is 12.3. The molecule has 8 heavy (non-hydrogen) atoms. The fourth-order valence-corrected chi connectivity index (χ4v) is 0.967. The van der Waals surface area contributed by atoms with Crippen LogP contribution < -0.4 is 3.27 Å². The first-order valence-electron chi connectivity index (χ1n) is 2.21. The molecule has 0 N–H and O–H groups in total. The van der Waals surface area contributed by atoms with Crippen LogP contribution in [-0.2, 0) is 0 Å². The minimum atomic E-state index is -0.107. The zero-order chi connectivity index (χ0) is 5.98. The topological polar surface area (TPSA) is 0 Å². The standard InChI is InChI=1S/C6H4AtF/c7-5-3-1-2-4-6(5)8/h1-4H. The van der Waals surface area contributed by atoms with E-state index >= 15 is 0 Å². The van der Waals surface area contributed by atoms with Crippen molar-refractivity contribution in [1.82, 2.24) is 0 Å². The van der Waals surface area contributed by atoms with E-state index in [-0.39, 0.29) is 5.82 Å². The van der Waals surface area contributed by atoms with Gasteiger partial charge in [-0.05, 0) is 0 Å². The molecule has 0 heterocycles. The Kier molecular flexibility index (Phi) is 1.96. The van der Waals surface area contributed by atoms with Gasteiger partial charge in [-0.25, -0.2) is 0 Å². The number of hydrogen-bond donors (Lipinski definition) is 0. The molecule has 2 heteroatoms. The van der Waals surface area contributed by atoms with Gasteiger partial charge in [0.1, 0.15) is 0 Å². The second-order valence-corrected chi connectivity index (χ2v) is 3.00. The molecule has 0 fully saturated rings. The second kappa shape index (κ2) is 2.54. The Hall–Kier alpha value is 0.0331. The van der Waals surface area contributed by atoms with Crippen LogP contribution in [0.15, 0.2) is 24.3 Å². The average Bonchev–Trinajstić information content (AvgIpc) is 1.77. The molecule has 1 aromatic carbocycles. The fourth-order valence-electron chi connectivity index (χ4n) is 0.439. The first-order valence-corrected chi connectivity index (χ1v) is 3.67. The zero-order valence-corrected chi connectivity index (χ0v) is 7.00. The van der Waals surface area contributed by atoms with E-state index in [0.717, 1.165) is 3.27 Å². The fraction of sp³-hybridized carbons (Fsp3) is 0. The summed E-state index contributed by atoms with van der Waals surface area (Å²) in [6, 6.07) is 6.76. The third-order valence-corrected chi connectivity index (χ3v) is 2.02. The van der Waals surface area contributed by atoms with Crippen molar-refractivity contribution in [2.45, 2.75) is 0 Å². The van der Waals surface area contributed by atoms with E-state index in [1.807, 2.05) is 6.07 Å². The van der Waals surface area contributed by atoms with Gasteiger partial charge in [0, 0.05) is 0 Å². The van der Waals surface area contributed by atoms with Gasteiger partial charge in [-0.1, -0.05) is 0 Å². The van der Waals surface area contributed by atoms with Crippen LogP contribution in [0.5, 0.6) is 0 Å². The minimum absolute atomic E-state index is 0.107. The Morgan fingerprint density at radius 2 is 1.88 bits per heavy atom. The van der Waals surface area contributed by atoms with Crippen molar-refractivity contribution in [2.75, 3.05) is 0 Å². The van der Waals surface area contributed by atoms with E-state index in [9.17, 15) is 4.39 Å². The molecule has 0 saturated carbocycles. The molecule has 0 atom stereocenters. The Labute approximate surface area is 62.6 Å².